The molecule has 0 saturated carbocycles. The third-order valence-corrected chi connectivity index (χ3v) is 3.02. The van der Waals surface area contributed by atoms with Crippen molar-refractivity contribution in [1.82, 2.24) is 0 Å². The van der Waals surface area contributed by atoms with Crippen LogP contribution in [-0.4, -0.2) is 16.9 Å². The highest BCUT2D eigenvalue weighted by Gasteiger charge is 2.20. The molecule has 0 radical (unpaired) electrons. The Bertz CT molecular complexity index is 512. The second-order valence-corrected chi connectivity index (χ2v) is 4.97. The van der Waals surface area contributed by atoms with Gasteiger partial charge in [0.05, 0.1) is 16.7 Å². The first-order valence-electron chi connectivity index (χ1n) is 6.06. The minimum atomic E-state index is -0.639. The number of nitrogens with two attached hydrogens (primary N) is 1. The van der Waals surface area contributed by atoms with E-state index in [1.165, 1.54) is 6.07 Å². The second-order valence-electron chi connectivity index (χ2n) is 4.97. The number of nitro groups is 1. The number of amides is 1. The molecule has 0 bridgehead atoms. The normalized spacial score (nSPS) is 12.3. The molecule has 0 aromatic heterocycles. The van der Waals surface area contributed by atoms with Gasteiger partial charge in [-0.3, -0.25) is 14.9 Å². The second kappa shape index (κ2) is 5.79. The molecule has 3 N–H and O–H groups in total. The smallest absolute Gasteiger partial charge is 0.274 e. The summed E-state index contributed by atoms with van der Waals surface area (Å²) in [4.78, 5) is 22.3. The van der Waals surface area contributed by atoms with Gasteiger partial charge < -0.3 is 11.1 Å². The first kappa shape index (κ1) is 15.1. The maximum Gasteiger partial charge on any atom is 0.274 e. The van der Waals surface area contributed by atoms with Gasteiger partial charge in [0.25, 0.3) is 5.69 Å². The summed E-state index contributed by atoms with van der Waals surface area (Å²) in [6.07, 6.45) is 0. The summed E-state index contributed by atoms with van der Waals surface area (Å²) in [5, 5.41) is 13.5. The van der Waals surface area contributed by atoms with E-state index in [-0.39, 0.29) is 17.5 Å². The summed E-state index contributed by atoms with van der Waals surface area (Å²) in [5.41, 5.74) is 7.49. The predicted molar refractivity (Wildman–Crippen MR) is 74.0 cm³/mol. The van der Waals surface area contributed by atoms with Crippen LogP contribution < -0.4 is 11.1 Å². The van der Waals surface area contributed by atoms with Crippen molar-refractivity contribution >= 4 is 17.3 Å². The quantitative estimate of drug-likeness (QED) is 0.643. The van der Waals surface area contributed by atoms with Crippen molar-refractivity contribution in [3.8, 4) is 0 Å². The van der Waals surface area contributed by atoms with Crippen LogP contribution in [0.4, 0.5) is 11.4 Å². The summed E-state index contributed by atoms with van der Waals surface area (Å²) in [6, 6.07) is 2.41. The lowest BCUT2D eigenvalue weighted by molar-refractivity contribution is -0.385. The molecule has 0 unspecified atom stereocenters. The topological polar surface area (TPSA) is 98.3 Å². The fraction of sp³-hybridized carbons (Fsp3) is 0.462. The van der Waals surface area contributed by atoms with E-state index in [0.29, 0.717) is 11.3 Å². The molecular weight excluding hydrogens is 246 g/mol. The number of anilines is 1. The van der Waals surface area contributed by atoms with Crippen LogP contribution in [0.3, 0.4) is 0 Å². The third kappa shape index (κ3) is 3.51. The number of hydrogen-bond acceptors (Lipinski definition) is 4. The van der Waals surface area contributed by atoms with E-state index in [2.05, 4.69) is 5.32 Å². The summed E-state index contributed by atoms with van der Waals surface area (Å²) in [7, 11) is 0. The van der Waals surface area contributed by atoms with E-state index in [9.17, 15) is 14.9 Å². The Morgan fingerprint density at radius 2 is 1.89 bits per heavy atom. The lowest BCUT2D eigenvalue weighted by Crippen LogP contribution is -2.39. The highest BCUT2D eigenvalue weighted by atomic mass is 16.6. The van der Waals surface area contributed by atoms with Crippen molar-refractivity contribution < 1.29 is 9.72 Å². The summed E-state index contributed by atoms with van der Waals surface area (Å²) < 4.78 is 0. The Labute approximate surface area is 112 Å². The van der Waals surface area contributed by atoms with Crippen molar-refractivity contribution in [2.24, 2.45) is 11.7 Å². The fourth-order valence-electron chi connectivity index (χ4n) is 1.69. The van der Waals surface area contributed by atoms with E-state index in [1.54, 1.807) is 19.9 Å². The van der Waals surface area contributed by atoms with Gasteiger partial charge in [0, 0.05) is 11.6 Å². The zero-order valence-corrected chi connectivity index (χ0v) is 11.6. The van der Waals surface area contributed by atoms with Crippen molar-refractivity contribution in [3.63, 3.8) is 0 Å². The van der Waals surface area contributed by atoms with Gasteiger partial charge in [0.1, 0.15) is 0 Å². The lowest BCUT2D eigenvalue weighted by Gasteiger charge is -2.16. The molecule has 0 aliphatic rings. The average Bonchev–Trinajstić information content (AvgIpc) is 2.30. The van der Waals surface area contributed by atoms with Crippen LogP contribution in [0.5, 0.6) is 0 Å². The van der Waals surface area contributed by atoms with E-state index >= 15 is 0 Å². The van der Waals surface area contributed by atoms with Crippen molar-refractivity contribution in [1.29, 1.82) is 0 Å². The van der Waals surface area contributed by atoms with Crippen LogP contribution >= 0.6 is 0 Å². The van der Waals surface area contributed by atoms with Gasteiger partial charge in [-0.15, -0.1) is 0 Å². The maximum atomic E-state index is 11.9. The van der Waals surface area contributed by atoms with Crippen molar-refractivity contribution in [3.05, 3.63) is 33.4 Å². The minimum absolute atomic E-state index is 0.000685. The molecular formula is C13H19N3O3. The van der Waals surface area contributed by atoms with Crippen LogP contribution in [0.15, 0.2) is 12.1 Å². The fourth-order valence-corrected chi connectivity index (χ4v) is 1.69. The van der Waals surface area contributed by atoms with Crippen LogP contribution in [0, 0.1) is 29.9 Å². The van der Waals surface area contributed by atoms with Crippen molar-refractivity contribution in [2.75, 3.05) is 5.32 Å². The summed E-state index contributed by atoms with van der Waals surface area (Å²) >= 11 is 0. The number of nitro benzene ring substituents is 1. The van der Waals surface area contributed by atoms with E-state index in [1.807, 2.05) is 13.8 Å². The Morgan fingerprint density at radius 3 is 2.37 bits per heavy atom. The number of carbonyl (C=O) groups is 1. The van der Waals surface area contributed by atoms with Crippen molar-refractivity contribution in [2.45, 2.75) is 33.7 Å². The molecule has 0 spiro atoms. The van der Waals surface area contributed by atoms with E-state index in [0.717, 1.165) is 5.56 Å². The molecule has 0 aliphatic heterocycles. The highest BCUT2D eigenvalue weighted by Crippen LogP contribution is 2.26. The Kier molecular flexibility index (Phi) is 4.61. The average molecular weight is 265 g/mol. The molecule has 0 heterocycles. The number of benzene rings is 1. The van der Waals surface area contributed by atoms with Gasteiger partial charge in [-0.1, -0.05) is 13.8 Å². The largest absolute Gasteiger partial charge is 0.324 e. The number of carbonyl (C=O) groups excluding carboxylic acids is 1. The van der Waals surface area contributed by atoms with E-state index < -0.39 is 11.0 Å². The van der Waals surface area contributed by atoms with Gasteiger partial charge in [0.15, 0.2) is 0 Å². The third-order valence-electron chi connectivity index (χ3n) is 3.02. The van der Waals surface area contributed by atoms with Gasteiger partial charge in [-0.25, -0.2) is 0 Å². The number of aryl methyl sites for hydroxylation is 2. The van der Waals surface area contributed by atoms with Gasteiger partial charge >= 0.3 is 0 Å². The van der Waals surface area contributed by atoms with Gasteiger partial charge in [0.2, 0.25) is 5.91 Å². The molecule has 0 saturated heterocycles. The molecule has 0 fully saturated rings. The Morgan fingerprint density at radius 1 is 1.32 bits per heavy atom. The maximum absolute atomic E-state index is 11.9. The molecule has 6 heteroatoms. The standard InChI is InChI=1S/C13H19N3O3/c1-7(2)12(14)13(17)15-10-6-11(16(18)19)9(4)5-8(10)3/h5-7,12H,14H2,1-4H3,(H,15,17)/t12-/m0/s1. The van der Waals surface area contributed by atoms with Crippen LogP contribution in [-0.2, 0) is 4.79 Å². The molecule has 0 aliphatic carbocycles. The number of rotatable bonds is 4. The number of nitrogens with zero attached hydrogens (tertiary/aromatic N) is 1. The predicted octanol–water partition coefficient (Wildman–Crippen LogP) is 2.13. The first-order valence-corrected chi connectivity index (χ1v) is 6.06. The lowest BCUT2D eigenvalue weighted by atomic mass is 10.0. The Balaban J connectivity index is 3.05. The first-order chi connectivity index (χ1) is 8.73. The molecule has 1 amide bonds. The monoisotopic (exact) mass is 265 g/mol. The molecule has 1 aromatic carbocycles. The molecule has 1 atom stereocenters. The Hall–Kier alpha value is -1.95. The van der Waals surface area contributed by atoms with E-state index in [4.69, 9.17) is 5.73 Å². The zero-order chi connectivity index (χ0) is 14.7. The molecule has 1 rings (SSSR count). The molecule has 19 heavy (non-hydrogen) atoms. The number of nitrogens with one attached hydrogen (secondary N) is 1. The molecule has 1 aromatic rings. The zero-order valence-electron chi connectivity index (χ0n) is 11.6. The van der Waals surface area contributed by atoms with Crippen LogP contribution in [0.2, 0.25) is 0 Å². The minimum Gasteiger partial charge on any atom is -0.324 e. The SMILES string of the molecule is Cc1cc(C)c([N+](=O)[O-])cc1NC(=O)[C@@H](N)C(C)C. The van der Waals surface area contributed by atoms with Crippen LogP contribution in [0.1, 0.15) is 25.0 Å². The summed E-state index contributed by atoms with van der Waals surface area (Å²) in [6.45, 7) is 7.13. The van der Waals surface area contributed by atoms with Crippen LogP contribution in [0.25, 0.3) is 0 Å². The van der Waals surface area contributed by atoms with Gasteiger partial charge in [-0.05, 0) is 31.4 Å². The van der Waals surface area contributed by atoms with Gasteiger partial charge in [-0.2, -0.15) is 0 Å². The number of hydrogen-bond donors (Lipinski definition) is 2. The summed E-state index contributed by atoms with van der Waals surface area (Å²) in [5.74, 6) is -0.336. The highest BCUT2D eigenvalue weighted by molar-refractivity contribution is 5.95. The molecule has 104 valence electrons. The molecule has 6 nitrogen and oxygen atoms in total.